The Hall–Kier alpha value is -2.34. The van der Waals surface area contributed by atoms with Crippen LogP contribution in [0, 0.1) is 0 Å². The smallest absolute Gasteiger partial charge is 0.134 e. The van der Waals surface area contributed by atoms with Crippen LogP contribution in [0.3, 0.4) is 0 Å². The third-order valence-electron chi connectivity index (χ3n) is 5.58. The molecule has 4 rings (SSSR count). The average molecular weight is 368 g/mol. The first-order chi connectivity index (χ1) is 13.3. The Morgan fingerprint density at radius 2 is 1.74 bits per heavy atom. The molecule has 6 heteroatoms. The van der Waals surface area contributed by atoms with E-state index in [1.54, 1.807) is 6.33 Å². The minimum atomic E-state index is 0.173. The molecule has 2 aromatic rings. The van der Waals surface area contributed by atoms with Crippen molar-refractivity contribution >= 4 is 11.6 Å². The lowest BCUT2D eigenvalue weighted by atomic mass is 10.0. The summed E-state index contributed by atoms with van der Waals surface area (Å²) in [6.07, 6.45) is 7.23. The normalized spacial score (nSPS) is 21.3. The molecule has 1 aromatic heterocycles. The highest BCUT2D eigenvalue weighted by atomic mass is 16.5. The van der Waals surface area contributed by atoms with Gasteiger partial charge in [-0.05, 0) is 31.4 Å². The Kier molecular flexibility index (Phi) is 5.72. The average Bonchev–Trinajstić information content (AvgIpc) is 2.75. The molecule has 6 nitrogen and oxygen atoms in total. The summed E-state index contributed by atoms with van der Waals surface area (Å²) >= 11 is 0. The fourth-order valence-electron chi connectivity index (χ4n) is 4.05. The van der Waals surface area contributed by atoms with Crippen molar-refractivity contribution < 1.29 is 9.84 Å². The maximum atomic E-state index is 9.68. The number of piperidine rings is 2. The van der Waals surface area contributed by atoms with Crippen molar-refractivity contribution in [3.63, 3.8) is 0 Å². The van der Waals surface area contributed by atoms with Crippen molar-refractivity contribution in [3.05, 3.63) is 42.7 Å². The fraction of sp³-hybridized carbons (Fsp3) is 0.524. The van der Waals surface area contributed by atoms with E-state index in [9.17, 15) is 5.11 Å². The SMILES string of the molecule is OCC1CCCCN1c1cc(N2CCC(Oc3ccccc3)CC2)ncn1. The number of aromatic nitrogens is 2. The summed E-state index contributed by atoms with van der Waals surface area (Å²) in [7, 11) is 0. The largest absolute Gasteiger partial charge is 0.490 e. The van der Waals surface area contributed by atoms with Crippen LogP contribution >= 0.6 is 0 Å². The summed E-state index contributed by atoms with van der Waals surface area (Å²) in [5.41, 5.74) is 0. The molecular formula is C21H28N4O2. The third-order valence-corrected chi connectivity index (χ3v) is 5.58. The number of ether oxygens (including phenoxy) is 1. The monoisotopic (exact) mass is 368 g/mol. The molecule has 2 aliphatic heterocycles. The van der Waals surface area contributed by atoms with E-state index >= 15 is 0 Å². The van der Waals surface area contributed by atoms with Gasteiger partial charge in [-0.3, -0.25) is 0 Å². The number of aliphatic hydroxyl groups is 1. The molecule has 0 amide bonds. The molecule has 2 saturated heterocycles. The zero-order chi connectivity index (χ0) is 18.5. The van der Waals surface area contributed by atoms with Crippen molar-refractivity contribution in [2.75, 3.05) is 36.0 Å². The van der Waals surface area contributed by atoms with Gasteiger partial charge in [-0.2, -0.15) is 0 Å². The van der Waals surface area contributed by atoms with Crippen LogP contribution < -0.4 is 14.5 Å². The number of hydrogen-bond acceptors (Lipinski definition) is 6. The molecule has 27 heavy (non-hydrogen) atoms. The summed E-state index contributed by atoms with van der Waals surface area (Å²) in [6.45, 7) is 2.99. The van der Waals surface area contributed by atoms with Crippen molar-refractivity contribution in [1.29, 1.82) is 0 Å². The molecule has 1 unspecified atom stereocenters. The topological polar surface area (TPSA) is 61.7 Å². The van der Waals surface area contributed by atoms with Gasteiger partial charge in [0.15, 0.2) is 0 Å². The van der Waals surface area contributed by atoms with Crippen LogP contribution in [0.15, 0.2) is 42.7 Å². The standard InChI is InChI=1S/C21H28N4O2/c26-15-17-6-4-5-11-25(17)21-14-20(22-16-23-21)24-12-9-19(10-13-24)27-18-7-2-1-3-8-18/h1-3,7-8,14,16-17,19,26H,4-6,9-13,15H2. The number of hydrogen-bond donors (Lipinski definition) is 1. The van der Waals surface area contributed by atoms with Crippen molar-refractivity contribution in [1.82, 2.24) is 9.97 Å². The zero-order valence-electron chi connectivity index (χ0n) is 15.7. The number of rotatable bonds is 5. The van der Waals surface area contributed by atoms with E-state index in [4.69, 9.17) is 4.74 Å². The number of nitrogens with zero attached hydrogens (tertiary/aromatic N) is 4. The lowest BCUT2D eigenvalue weighted by Crippen LogP contribution is -2.43. The highest BCUT2D eigenvalue weighted by Crippen LogP contribution is 2.27. The van der Waals surface area contributed by atoms with Gasteiger partial charge in [-0.25, -0.2) is 9.97 Å². The van der Waals surface area contributed by atoms with E-state index in [0.717, 1.165) is 62.7 Å². The van der Waals surface area contributed by atoms with E-state index in [1.807, 2.05) is 30.3 Å². The number of benzene rings is 1. The summed E-state index contributed by atoms with van der Waals surface area (Å²) in [5.74, 6) is 2.85. The van der Waals surface area contributed by atoms with Crippen LogP contribution in [-0.2, 0) is 0 Å². The molecule has 1 atom stereocenters. The summed E-state index contributed by atoms with van der Waals surface area (Å²) in [6, 6.07) is 12.3. The van der Waals surface area contributed by atoms with Crippen LogP contribution in [0.5, 0.6) is 5.75 Å². The molecule has 2 aliphatic rings. The highest BCUT2D eigenvalue weighted by Gasteiger charge is 2.25. The van der Waals surface area contributed by atoms with Gasteiger partial charge in [0, 0.05) is 38.5 Å². The quantitative estimate of drug-likeness (QED) is 0.876. The highest BCUT2D eigenvalue weighted by molar-refractivity contribution is 5.51. The molecule has 3 heterocycles. The summed E-state index contributed by atoms with van der Waals surface area (Å²) in [4.78, 5) is 13.5. The Morgan fingerprint density at radius 1 is 0.963 bits per heavy atom. The predicted molar refractivity (Wildman–Crippen MR) is 106 cm³/mol. The van der Waals surface area contributed by atoms with E-state index in [-0.39, 0.29) is 18.8 Å². The van der Waals surface area contributed by atoms with Crippen LogP contribution in [0.4, 0.5) is 11.6 Å². The molecule has 0 saturated carbocycles. The number of aliphatic hydroxyl groups excluding tert-OH is 1. The third kappa shape index (κ3) is 4.33. The first-order valence-electron chi connectivity index (χ1n) is 9.99. The van der Waals surface area contributed by atoms with Gasteiger partial charge in [0.2, 0.25) is 0 Å². The molecule has 0 radical (unpaired) electrons. The minimum absolute atomic E-state index is 0.173. The summed E-state index contributed by atoms with van der Waals surface area (Å²) < 4.78 is 6.09. The van der Waals surface area contributed by atoms with Gasteiger partial charge >= 0.3 is 0 Å². The van der Waals surface area contributed by atoms with E-state index in [1.165, 1.54) is 6.42 Å². The van der Waals surface area contributed by atoms with Crippen molar-refractivity contribution in [3.8, 4) is 5.75 Å². The van der Waals surface area contributed by atoms with Gasteiger partial charge in [-0.1, -0.05) is 18.2 Å². The molecule has 0 aliphatic carbocycles. The molecule has 2 fully saturated rings. The lowest BCUT2D eigenvalue weighted by molar-refractivity contribution is 0.170. The van der Waals surface area contributed by atoms with Crippen molar-refractivity contribution in [2.45, 2.75) is 44.2 Å². The van der Waals surface area contributed by atoms with Crippen molar-refractivity contribution in [2.24, 2.45) is 0 Å². The molecule has 1 N–H and O–H groups in total. The molecule has 144 valence electrons. The molecule has 0 spiro atoms. The van der Waals surface area contributed by atoms with Crippen LogP contribution in [0.25, 0.3) is 0 Å². The van der Waals surface area contributed by atoms with E-state index in [2.05, 4.69) is 25.8 Å². The number of anilines is 2. The molecule has 1 aromatic carbocycles. The molecule has 0 bridgehead atoms. The zero-order valence-corrected chi connectivity index (χ0v) is 15.7. The minimum Gasteiger partial charge on any atom is -0.490 e. The Morgan fingerprint density at radius 3 is 2.52 bits per heavy atom. The Labute approximate surface area is 160 Å². The Balaban J connectivity index is 1.38. The van der Waals surface area contributed by atoms with Gasteiger partial charge in [0.05, 0.1) is 12.6 Å². The van der Waals surface area contributed by atoms with Gasteiger partial charge in [-0.15, -0.1) is 0 Å². The maximum absolute atomic E-state index is 9.68. The summed E-state index contributed by atoms with van der Waals surface area (Å²) in [5, 5.41) is 9.68. The second-order valence-corrected chi connectivity index (χ2v) is 7.38. The van der Waals surface area contributed by atoms with Crippen LogP contribution in [-0.4, -0.2) is 53.5 Å². The number of para-hydroxylation sites is 1. The fourth-order valence-corrected chi connectivity index (χ4v) is 4.05. The lowest BCUT2D eigenvalue weighted by Gasteiger charge is -2.36. The van der Waals surface area contributed by atoms with Crippen LogP contribution in [0.2, 0.25) is 0 Å². The molecular weight excluding hydrogens is 340 g/mol. The van der Waals surface area contributed by atoms with Gasteiger partial charge < -0.3 is 19.6 Å². The van der Waals surface area contributed by atoms with Gasteiger partial charge in [0.1, 0.15) is 29.8 Å². The first kappa shape index (κ1) is 18.0. The van der Waals surface area contributed by atoms with E-state index in [0.29, 0.717) is 0 Å². The first-order valence-corrected chi connectivity index (χ1v) is 9.99. The van der Waals surface area contributed by atoms with Crippen LogP contribution in [0.1, 0.15) is 32.1 Å². The van der Waals surface area contributed by atoms with Gasteiger partial charge in [0.25, 0.3) is 0 Å². The second-order valence-electron chi connectivity index (χ2n) is 7.38. The second kappa shape index (κ2) is 8.57. The van der Waals surface area contributed by atoms with E-state index < -0.39 is 0 Å². The maximum Gasteiger partial charge on any atom is 0.134 e. The Bertz CT molecular complexity index is 719. The predicted octanol–water partition coefficient (Wildman–Crippen LogP) is 2.88.